The molecule has 142 heavy (non-hydrogen) atoms. The SMILES string of the molecule is CC(C)(C)CO.CC(C)(C)O.CC(C)C(C)O.CC(O)C(C)(C)C.CC(O)C(C)(C)C.CC(O)C1(C)CCCCC1.CCC(C)(C)C(C)O.CCC1(C(C)O)CCCCC1.CCCC(C)(C)C(C)O.CCCC1(C(C)O)CCCCC1.CCCCC(C)(C)C(C)O.CCCCC1(C(C)O)CCCCC1.CCCCCC(C)(C)C(C)O.CCCCCC1(C(C)O)CCCC1.CCCCCC1(C(C)O)CCCCC1. The summed E-state index contributed by atoms with van der Waals surface area (Å²) in [7, 11) is 0. The molecule has 0 aromatic heterocycles. The molecule has 0 saturated heterocycles. The molecule has 0 amide bonds. The first-order chi connectivity index (χ1) is 64.8. The van der Waals surface area contributed by atoms with E-state index in [1.807, 2.05) is 145 Å². The minimum atomic E-state index is -0.500. The maximum Gasteiger partial charge on any atom is 0.0568 e. The van der Waals surface area contributed by atoms with Gasteiger partial charge in [0.25, 0.3) is 0 Å². The number of hydrogen-bond acceptors (Lipinski definition) is 15. The van der Waals surface area contributed by atoms with E-state index in [9.17, 15) is 46.0 Å². The molecule has 15 heteroatoms. The lowest BCUT2D eigenvalue weighted by Gasteiger charge is -2.40. The van der Waals surface area contributed by atoms with Gasteiger partial charge in [-0.2, -0.15) is 0 Å². The second-order valence-corrected chi connectivity index (χ2v) is 53.9. The maximum absolute atomic E-state index is 9.93. The molecule has 13 unspecified atom stereocenters. The second-order valence-electron chi connectivity index (χ2n) is 53.9. The van der Waals surface area contributed by atoms with Gasteiger partial charge in [0.1, 0.15) is 0 Å². The summed E-state index contributed by atoms with van der Waals surface area (Å²) >= 11 is 0. The van der Waals surface area contributed by atoms with Gasteiger partial charge in [-0.25, -0.2) is 0 Å². The van der Waals surface area contributed by atoms with Crippen LogP contribution in [0.2, 0.25) is 0 Å². The number of rotatable bonds is 35. The van der Waals surface area contributed by atoms with Crippen molar-refractivity contribution >= 4 is 0 Å². The third kappa shape index (κ3) is 83.0. The van der Waals surface area contributed by atoms with E-state index in [1.54, 1.807) is 41.5 Å². The summed E-state index contributed by atoms with van der Waals surface area (Å²) in [6.45, 7) is 91.0. The highest BCUT2D eigenvalue weighted by atomic mass is 16.3. The third-order valence-electron chi connectivity index (χ3n) is 34.3. The molecule has 6 saturated carbocycles. The summed E-state index contributed by atoms with van der Waals surface area (Å²) in [6.07, 6.45) is 65.3. The first-order valence-electron chi connectivity index (χ1n) is 60.0. The van der Waals surface area contributed by atoms with Crippen LogP contribution in [0.1, 0.15) is 652 Å². The van der Waals surface area contributed by atoms with Crippen molar-refractivity contribution in [1.82, 2.24) is 0 Å². The molecule has 13 atom stereocenters. The van der Waals surface area contributed by atoms with Crippen LogP contribution in [-0.4, -0.2) is 168 Å². The number of unbranched alkanes of at least 4 members (excludes halogenated alkanes) is 8. The molecule has 0 bridgehead atoms. The van der Waals surface area contributed by atoms with Crippen molar-refractivity contribution in [3.63, 3.8) is 0 Å². The van der Waals surface area contributed by atoms with Gasteiger partial charge >= 0.3 is 0 Å². The Morgan fingerprint density at radius 3 is 0.592 bits per heavy atom. The normalized spacial score (nSPS) is 20.2. The lowest BCUT2D eigenvalue weighted by atomic mass is 9.68. The van der Waals surface area contributed by atoms with E-state index < -0.39 is 5.60 Å². The summed E-state index contributed by atoms with van der Waals surface area (Å²) in [5, 5.41) is 139. The molecule has 15 nitrogen and oxygen atoms in total. The van der Waals surface area contributed by atoms with Gasteiger partial charge in [-0.15, -0.1) is 0 Å². The fourth-order valence-electron chi connectivity index (χ4n) is 18.0. The Labute approximate surface area is 891 Å². The summed E-state index contributed by atoms with van der Waals surface area (Å²) < 4.78 is 0. The highest BCUT2D eigenvalue weighted by Gasteiger charge is 2.41. The van der Waals surface area contributed by atoms with Crippen molar-refractivity contribution < 1.29 is 76.6 Å². The van der Waals surface area contributed by atoms with Crippen LogP contribution < -0.4 is 0 Å². The van der Waals surface area contributed by atoms with E-state index in [2.05, 4.69) is 125 Å². The average molecular weight is 2040 g/mol. The first kappa shape index (κ1) is 159. The molecule has 0 aromatic rings. The van der Waals surface area contributed by atoms with Crippen LogP contribution in [0.15, 0.2) is 0 Å². The molecule has 6 rings (SSSR count). The fraction of sp³-hybridized carbons (Fsp3) is 1.00. The van der Waals surface area contributed by atoms with Gasteiger partial charge in [0, 0.05) is 6.61 Å². The van der Waals surface area contributed by atoms with Crippen molar-refractivity contribution in [2.45, 2.75) is 737 Å². The lowest BCUT2D eigenvalue weighted by molar-refractivity contribution is 0.000115. The number of aliphatic hydroxyl groups is 15. The molecule has 0 aromatic carbocycles. The molecule has 0 spiro atoms. The van der Waals surface area contributed by atoms with Crippen LogP contribution in [0.3, 0.4) is 0 Å². The van der Waals surface area contributed by atoms with E-state index in [1.165, 1.54) is 302 Å². The van der Waals surface area contributed by atoms with Gasteiger partial charge in [0.05, 0.1) is 85.0 Å². The quantitative estimate of drug-likeness (QED) is 0.0262. The van der Waals surface area contributed by atoms with Crippen LogP contribution in [-0.2, 0) is 0 Å². The van der Waals surface area contributed by atoms with Gasteiger partial charge in [0.15, 0.2) is 0 Å². The standard InChI is InChI=1S/C13H26O.2C12H24O.C11H22O.C10H20O.C10H22O.C9H18O.C9H20O.C8H18O.C7H16O.2C6H14O.2C5H12O.C4H10O/c1-3-4-6-9-13(12(2)14)10-7-5-8-11-13;1-3-4-8-12(11(2)13)9-6-5-7-10-12;1-3-4-5-8-12(11(2)13)9-6-7-10-12;1-3-7-11(10(2)12)8-5-4-6-9-11;1-3-10(9(2)11)7-5-4-6-8-10;1-5-6-7-8-10(3,4)9(2)11;1-8(10)9(2)6-4-3-5-7-9;1-5-6-7-9(3,4)8(2)10;1-5-6-8(3,4)7(2)9;1-5-7(3,4)6(2)8;2*1-5(7)6(2,3)4;1-5(2,3)4-6;1-4(2)5(3)6;1-4(2,3)5/h12,14H,3-11H2,1-2H3;2*11,13H,3-10H2,1-2H3;10,12H,3-9H2,1-2H3;9,11H,3-8H2,1-2H3;9,11H,5-8H2,1-4H3;8,10H,3-7H2,1-2H3;8,10H,5-7H2,1-4H3;7,9H,5-6H2,1-4H3;6,8H,5H2,1-4H3;2*5,7H,1-4H3;6H,4H2,1-3H3;4-6H,1-3H3;5H,1-3H3. The van der Waals surface area contributed by atoms with Gasteiger partial charge in [0.2, 0.25) is 0 Å². The molecule has 6 aliphatic rings. The summed E-state index contributed by atoms with van der Waals surface area (Å²) in [6, 6.07) is 0. The van der Waals surface area contributed by atoms with Crippen molar-refractivity contribution in [1.29, 1.82) is 0 Å². The number of hydrogen-bond donors (Lipinski definition) is 15. The molecule has 15 N–H and O–H groups in total. The molecular weight excluding hydrogens is 1770 g/mol. The van der Waals surface area contributed by atoms with Crippen LogP contribution in [0.25, 0.3) is 0 Å². The fourth-order valence-corrected chi connectivity index (χ4v) is 18.0. The smallest absolute Gasteiger partial charge is 0.0568 e. The minimum Gasteiger partial charge on any atom is -0.396 e. The van der Waals surface area contributed by atoms with Gasteiger partial charge in [-0.3, -0.25) is 0 Å². The molecule has 0 heterocycles. The molecule has 0 aliphatic heterocycles. The highest BCUT2D eigenvalue weighted by molar-refractivity contribution is 4.92. The Bertz CT molecular complexity index is 2600. The highest BCUT2D eigenvalue weighted by Crippen LogP contribution is 2.49. The molecular formula is C127H272O15. The van der Waals surface area contributed by atoms with E-state index in [0.29, 0.717) is 11.3 Å². The zero-order valence-corrected chi connectivity index (χ0v) is 105. The van der Waals surface area contributed by atoms with E-state index >= 15 is 0 Å². The first-order valence-corrected chi connectivity index (χ1v) is 60.0. The maximum atomic E-state index is 9.93. The van der Waals surface area contributed by atoms with Crippen LogP contribution >= 0.6 is 0 Å². The Morgan fingerprint density at radius 1 is 0.232 bits per heavy atom. The zero-order chi connectivity index (χ0) is 113. The molecule has 870 valence electrons. The lowest BCUT2D eigenvalue weighted by Crippen LogP contribution is -2.35. The Morgan fingerprint density at radius 2 is 0.437 bits per heavy atom. The van der Waals surface area contributed by atoms with Crippen molar-refractivity contribution in [3.8, 4) is 0 Å². The van der Waals surface area contributed by atoms with Crippen LogP contribution in [0.5, 0.6) is 0 Å². The van der Waals surface area contributed by atoms with Crippen LogP contribution in [0, 0.1) is 76.3 Å². The molecule has 6 fully saturated rings. The Balaban J connectivity index is -0.000000192. The van der Waals surface area contributed by atoms with E-state index in [4.69, 9.17) is 30.6 Å². The van der Waals surface area contributed by atoms with Crippen molar-refractivity contribution in [3.05, 3.63) is 0 Å². The summed E-state index contributed by atoms with van der Waals surface area (Å²) in [4.78, 5) is 0. The Kier molecular flexibility index (Phi) is 94.9. The minimum absolute atomic E-state index is 0.0556. The number of aliphatic hydroxyl groups excluding tert-OH is 14. The zero-order valence-electron chi connectivity index (χ0n) is 105. The summed E-state index contributed by atoms with van der Waals surface area (Å²) in [5.74, 6) is 0.407. The van der Waals surface area contributed by atoms with Gasteiger partial charge < -0.3 is 76.6 Å². The van der Waals surface area contributed by atoms with Crippen LogP contribution in [0.4, 0.5) is 0 Å². The van der Waals surface area contributed by atoms with Gasteiger partial charge in [-0.05, 0) is 322 Å². The monoisotopic (exact) mass is 2040 g/mol. The predicted octanol–water partition coefficient (Wildman–Crippen LogP) is 34.3. The Hall–Kier alpha value is -0.600. The van der Waals surface area contributed by atoms with Crippen molar-refractivity contribution in [2.75, 3.05) is 6.61 Å². The molecule has 0 radical (unpaired) electrons. The predicted molar refractivity (Wildman–Crippen MR) is 625 cm³/mol. The van der Waals surface area contributed by atoms with E-state index in [-0.39, 0.29) is 151 Å². The molecule has 6 aliphatic carbocycles. The summed E-state index contributed by atoms with van der Waals surface area (Å²) in [5.41, 5.74) is 1.79. The van der Waals surface area contributed by atoms with Crippen molar-refractivity contribution in [2.24, 2.45) is 76.3 Å². The third-order valence-corrected chi connectivity index (χ3v) is 34.3. The second kappa shape index (κ2) is 84.8. The van der Waals surface area contributed by atoms with Gasteiger partial charge in [-0.1, -0.05) is 406 Å². The van der Waals surface area contributed by atoms with E-state index in [0.717, 1.165) is 38.5 Å². The average Bonchev–Trinajstić information content (AvgIpc) is 1.85. The largest absolute Gasteiger partial charge is 0.396 e. The topological polar surface area (TPSA) is 303 Å².